The molecule has 1 aliphatic rings. The van der Waals surface area contributed by atoms with Crippen molar-refractivity contribution in [1.82, 2.24) is 0 Å². The van der Waals surface area contributed by atoms with Gasteiger partial charge in [0.2, 0.25) is 0 Å². The normalized spacial score (nSPS) is 20.7. The molecule has 1 aromatic rings. The summed E-state index contributed by atoms with van der Waals surface area (Å²) in [5.74, 6) is 1.02. The molecule has 0 aliphatic carbocycles. The van der Waals surface area contributed by atoms with Crippen LogP contribution in [-0.2, 0) is 11.8 Å². The van der Waals surface area contributed by atoms with Gasteiger partial charge in [0.15, 0.2) is 0 Å². The predicted molar refractivity (Wildman–Crippen MR) is 62.3 cm³/mol. The number of ether oxygens (including phenoxy) is 1. The van der Waals surface area contributed by atoms with Crippen LogP contribution in [0.4, 0.5) is 0 Å². The molecule has 15 heavy (non-hydrogen) atoms. The van der Waals surface area contributed by atoms with E-state index >= 15 is 0 Å². The van der Waals surface area contributed by atoms with Gasteiger partial charge < -0.3 is 10.5 Å². The molecular formula is C13H19NO. The van der Waals surface area contributed by atoms with Crippen LogP contribution in [0.5, 0.6) is 5.75 Å². The Hall–Kier alpha value is -1.02. The molecule has 0 amide bonds. The second kappa shape index (κ2) is 3.53. The Morgan fingerprint density at radius 2 is 2.07 bits per heavy atom. The summed E-state index contributed by atoms with van der Waals surface area (Å²) < 4.78 is 5.65. The standard InChI is InChI=1S/C13H19NO/c1-13(2,3)10-5-4-9-6-11(14)8-15-12(9)7-10/h4-5,7,11H,6,8,14H2,1-3H3. The molecule has 0 radical (unpaired) electrons. The minimum atomic E-state index is 0.151. The third-order valence-electron chi connectivity index (χ3n) is 2.87. The molecule has 82 valence electrons. The largest absolute Gasteiger partial charge is 0.492 e. The SMILES string of the molecule is CC(C)(C)c1ccc2c(c1)OCC(N)C2. The minimum absolute atomic E-state index is 0.151. The fraction of sp³-hybridized carbons (Fsp3) is 0.538. The van der Waals surface area contributed by atoms with E-state index in [0.29, 0.717) is 6.61 Å². The lowest BCUT2D eigenvalue weighted by molar-refractivity contribution is 0.263. The van der Waals surface area contributed by atoms with Gasteiger partial charge in [-0.25, -0.2) is 0 Å². The highest BCUT2D eigenvalue weighted by Gasteiger charge is 2.20. The highest BCUT2D eigenvalue weighted by molar-refractivity contribution is 5.41. The topological polar surface area (TPSA) is 35.2 Å². The van der Waals surface area contributed by atoms with Crippen LogP contribution in [0.2, 0.25) is 0 Å². The Morgan fingerprint density at radius 3 is 2.73 bits per heavy atom. The van der Waals surface area contributed by atoms with E-state index in [0.717, 1.165) is 12.2 Å². The van der Waals surface area contributed by atoms with Crippen molar-refractivity contribution in [2.24, 2.45) is 5.73 Å². The molecule has 1 unspecified atom stereocenters. The highest BCUT2D eigenvalue weighted by Crippen LogP contribution is 2.30. The second-order valence-electron chi connectivity index (χ2n) is 5.35. The first kappa shape index (κ1) is 10.5. The molecule has 2 heteroatoms. The Kier molecular flexibility index (Phi) is 2.47. The second-order valence-corrected chi connectivity index (χ2v) is 5.35. The lowest BCUT2D eigenvalue weighted by Gasteiger charge is -2.26. The molecule has 2 rings (SSSR count). The average Bonchev–Trinajstić information content (AvgIpc) is 2.15. The first-order valence-electron chi connectivity index (χ1n) is 5.48. The van der Waals surface area contributed by atoms with Gasteiger partial charge in [0.05, 0.1) is 0 Å². The molecular weight excluding hydrogens is 186 g/mol. The Balaban J connectivity index is 2.35. The van der Waals surface area contributed by atoms with Gasteiger partial charge in [-0.2, -0.15) is 0 Å². The number of fused-ring (bicyclic) bond motifs is 1. The maximum atomic E-state index is 5.85. The van der Waals surface area contributed by atoms with Gasteiger partial charge in [-0.05, 0) is 29.0 Å². The summed E-state index contributed by atoms with van der Waals surface area (Å²) in [6, 6.07) is 6.63. The Labute approximate surface area is 91.4 Å². The van der Waals surface area contributed by atoms with E-state index in [1.807, 2.05) is 0 Å². The summed E-state index contributed by atoms with van der Waals surface area (Å²) in [5.41, 5.74) is 8.58. The zero-order valence-corrected chi connectivity index (χ0v) is 9.71. The van der Waals surface area contributed by atoms with Crippen LogP contribution in [0.3, 0.4) is 0 Å². The molecule has 0 saturated carbocycles. The van der Waals surface area contributed by atoms with Crippen molar-refractivity contribution in [2.45, 2.75) is 38.6 Å². The number of nitrogens with two attached hydrogens (primary N) is 1. The zero-order chi connectivity index (χ0) is 11.1. The zero-order valence-electron chi connectivity index (χ0n) is 9.71. The van der Waals surface area contributed by atoms with E-state index in [1.54, 1.807) is 0 Å². The van der Waals surface area contributed by atoms with Gasteiger partial charge in [-0.3, -0.25) is 0 Å². The van der Waals surface area contributed by atoms with Crippen LogP contribution in [0.15, 0.2) is 18.2 Å². The van der Waals surface area contributed by atoms with Crippen LogP contribution in [-0.4, -0.2) is 12.6 Å². The van der Waals surface area contributed by atoms with Crippen molar-refractivity contribution in [3.63, 3.8) is 0 Å². The van der Waals surface area contributed by atoms with E-state index in [4.69, 9.17) is 10.5 Å². The summed E-state index contributed by atoms with van der Waals surface area (Å²) in [4.78, 5) is 0. The monoisotopic (exact) mass is 205 g/mol. The fourth-order valence-corrected chi connectivity index (χ4v) is 1.86. The van der Waals surface area contributed by atoms with E-state index in [1.165, 1.54) is 11.1 Å². The summed E-state index contributed by atoms with van der Waals surface area (Å²) in [7, 11) is 0. The van der Waals surface area contributed by atoms with E-state index in [9.17, 15) is 0 Å². The fourth-order valence-electron chi connectivity index (χ4n) is 1.86. The van der Waals surface area contributed by atoms with Gasteiger partial charge in [-0.1, -0.05) is 32.9 Å². The molecule has 1 aromatic carbocycles. The number of benzene rings is 1. The molecule has 0 bridgehead atoms. The van der Waals surface area contributed by atoms with E-state index < -0.39 is 0 Å². The molecule has 1 atom stereocenters. The van der Waals surface area contributed by atoms with Gasteiger partial charge in [-0.15, -0.1) is 0 Å². The van der Waals surface area contributed by atoms with Gasteiger partial charge >= 0.3 is 0 Å². The van der Waals surface area contributed by atoms with Crippen LogP contribution in [0.25, 0.3) is 0 Å². The van der Waals surface area contributed by atoms with Crippen LogP contribution >= 0.6 is 0 Å². The molecule has 1 aliphatic heterocycles. The maximum absolute atomic E-state index is 5.85. The first-order chi connectivity index (χ1) is 6.97. The van der Waals surface area contributed by atoms with Crippen molar-refractivity contribution in [3.8, 4) is 5.75 Å². The minimum Gasteiger partial charge on any atom is -0.492 e. The summed E-state index contributed by atoms with van der Waals surface area (Å²) in [6.07, 6.45) is 0.930. The third-order valence-corrected chi connectivity index (χ3v) is 2.87. The Morgan fingerprint density at radius 1 is 1.33 bits per heavy atom. The molecule has 1 heterocycles. The predicted octanol–water partition coefficient (Wildman–Crippen LogP) is 2.25. The van der Waals surface area contributed by atoms with Crippen LogP contribution in [0, 0.1) is 0 Å². The number of hydrogen-bond acceptors (Lipinski definition) is 2. The Bertz CT molecular complexity index is 365. The highest BCUT2D eigenvalue weighted by atomic mass is 16.5. The molecule has 2 N–H and O–H groups in total. The quantitative estimate of drug-likeness (QED) is 0.705. The first-order valence-corrected chi connectivity index (χ1v) is 5.48. The number of rotatable bonds is 0. The molecule has 0 fully saturated rings. The lowest BCUT2D eigenvalue weighted by Crippen LogP contribution is -2.33. The van der Waals surface area contributed by atoms with Gasteiger partial charge in [0.25, 0.3) is 0 Å². The van der Waals surface area contributed by atoms with Crippen molar-refractivity contribution < 1.29 is 4.74 Å². The summed E-state index contributed by atoms with van der Waals surface area (Å²) >= 11 is 0. The third kappa shape index (κ3) is 2.15. The number of hydrogen-bond donors (Lipinski definition) is 1. The maximum Gasteiger partial charge on any atom is 0.122 e. The van der Waals surface area contributed by atoms with Gasteiger partial charge in [0.1, 0.15) is 12.4 Å². The smallest absolute Gasteiger partial charge is 0.122 e. The van der Waals surface area contributed by atoms with Crippen molar-refractivity contribution in [1.29, 1.82) is 0 Å². The average molecular weight is 205 g/mol. The van der Waals surface area contributed by atoms with Gasteiger partial charge in [0, 0.05) is 6.04 Å². The summed E-state index contributed by atoms with van der Waals surface area (Å²) in [6.45, 7) is 7.27. The molecule has 2 nitrogen and oxygen atoms in total. The van der Waals surface area contributed by atoms with Crippen molar-refractivity contribution in [3.05, 3.63) is 29.3 Å². The van der Waals surface area contributed by atoms with E-state index in [2.05, 4.69) is 39.0 Å². The van der Waals surface area contributed by atoms with Crippen LogP contribution in [0.1, 0.15) is 31.9 Å². The molecule has 0 spiro atoms. The van der Waals surface area contributed by atoms with Crippen molar-refractivity contribution >= 4 is 0 Å². The molecule has 0 saturated heterocycles. The van der Waals surface area contributed by atoms with Crippen LogP contribution < -0.4 is 10.5 Å². The van der Waals surface area contributed by atoms with E-state index in [-0.39, 0.29) is 11.5 Å². The van der Waals surface area contributed by atoms with Crippen molar-refractivity contribution in [2.75, 3.05) is 6.61 Å². The summed E-state index contributed by atoms with van der Waals surface area (Å²) in [5, 5.41) is 0. The lowest BCUT2D eigenvalue weighted by atomic mass is 9.85. The molecule has 0 aromatic heterocycles.